The lowest BCUT2D eigenvalue weighted by Gasteiger charge is -2.17. The highest BCUT2D eigenvalue weighted by atomic mass is 14.5. The van der Waals surface area contributed by atoms with Crippen LogP contribution in [0.5, 0.6) is 0 Å². The predicted octanol–water partition coefficient (Wildman–Crippen LogP) is 2.35. The van der Waals surface area contributed by atoms with Crippen molar-refractivity contribution in [2.45, 2.75) is 20.8 Å². The van der Waals surface area contributed by atoms with Crippen molar-refractivity contribution in [1.29, 1.82) is 0 Å². The molecule has 1 aliphatic carbocycles. The van der Waals surface area contributed by atoms with E-state index in [-0.39, 0.29) is 0 Å². The minimum atomic E-state index is 0.565. The zero-order valence-electron chi connectivity index (χ0n) is 7.75. The van der Waals surface area contributed by atoms with Gasteiger partial charge in [0, 0.05) is 0 Å². The summed E-state index contributed by atoms with van der Waals surface area (Å²) in [4.78, 5) is 0. The van der Waals surface area contributed by atoms with E-state index in [4.69, 9.17) is 5.73 Å². The second-order valence-corrected chi connectivity index (χ2v) is 2.53. The van der Waals surface area contributed by atoms with Crippen LogP contribution in [0.25, 0.3) is 0 Å². The summed E-state index contributed by atoms with van der Waals surface area (Å²) in [5.41, 5.74) is 5.51. The van der Waals surface area contributed by atoms with Gasteiger partial charge in [0.2, 0.25) is 0 Å². The quantitative estimate of drug-likeness (QED) is 0.615. The van der Waals surface area contributed by atoms with Crippen LogP contribution in [0.15, 0.2) is 24.3 Å². The Morgan fingerprint density at radius 3 is 2.09 bits per heavy atom. The summed E-state index contributed by atoms with van der Waals surface area (Å²) in [6, 6.07) is 0. The summed E-state index contributed by atoms with van der Waals surface area (Å²) >= 11 is 0. The number of rotatable bonds is 1. The summed E-state index contributed by atoms with van der Waals surface area (Å²) in [5.74, 6) is 1.19. The fourth-order valence-corrected chi connectivity index (χ4v) is 1.06. The smallest absolute Gasteiger partial charge is 0.000850 e. The lowest BCUT2D eigenvalue weighted by Crippen LogP contribution is -2.19. The Bertz CT molecular complexity index is 136. The van der Waals surface area contributed by atoms with Gasteiger partial charge in [-0.1, -0.05) is 45.1 Å². The molecule has 0 aromatic heterocycles. The van der Waals surface area contributed by atoms with E-state index >= 15 is 0 Å². The highest BCUT2D eigenvalue weighted by Gasteiger charge is 2.10. The molecule has 1 rings (SSSR count). The van der Waals surface area contributed by atoms with Gasteiger partial charge >= 0.3 is 0 Å². The van der Waals surface area contributed by atoms with Crippen molar-refractivity contribution >= 4 is 0 Å². The maximum atomic E-state index is 5.51. The maximum Gasteiger partial charge on any atom is -0.000850 e. The molecular weight excluding hydrogens is 134 g/mol. The topological polar surface area (TPSA) is 26.0 Å². The zero-order chi connectivity index (χ0) is 8.69. The van der Waals surface area contributed by atoms with Gasteiger partial charge in [-0.25, -0.2) is 0 Å². The Labute approximate surface area is 70.0 Å². The van der Waals surface area contributed by atoms with Crippen molar-refractivity contribution in [1.82, 2.24) is 0 Å². The van der Waals surface area contributed by atoms with Crippen LogP contribution in [0.1, 0.15) is 20.8 Å². The predicted molar refractivity (Wildman–Crippen MR) is 51.3 cm³/mol. The Morgan fingerprint density at radius 1 is 1.18 bits per heavy atom. The van der Waals surface area contributed by atoms with Gasteiger partial charge in [0.15, 0.2) is 0 Å². The fourth-order valence-electron chi connectivity index (χ4n) is 1.06. The molecule has 11 heavy (non-hydrogen) atoms. The second kappa shape index (κ2) is 6.17. The third-order valence-corrected chi connectivity index (χ3v) is 1.83. The molecule has 64 valence electrons. The first-order valence-corrected chi connectivity index (χ1v) is 4.39. The molecule has 0 bridgehead atoms. The molecule has 1 heteroatoms. The minimum Gasteiger partial charge on any atom is -0.330 e. The number of hydrogen-bond acceptors (Lipinski definition) is 1. The van der Waals surface area contributed by atoms with Crippen LogP contribution < -0.4 is 5.73 Å². The van der Waals surface area contributed by atoms with Crippen LogP contribution in [0.3, 0.4) is 0 Å². The van der Waals surface area contributed by atoms with Crippen molar-refractivity contribution in [3.63, 3.8) is 0 Å². The SMILES string of the molecule is CC.CC1C=CC=CC1CN. The van der Waals surface area contributed by atoms with E-state index in [2.05, 4.69) is 31.2 Å². The molecule has 0 spiro atoms. The van der Waals surface area contributed by atoms with E-state index in [0.29, 0.717) is 11.8 Å². The molecule has 0 heterocycles. The first-order valence-electron chi connectivity index (χ1n) is 4.39. The van der Waals surface area contributed by atoms with Crippen LogP contribution in [0.4, 0.5) is 0 Å². The van der Waals surface area contributed by atoms with Crippen molar-refractivity contribution in [2.24, 2.45) is 17.6 Å². The average molecular weight is 153 g/mol. The molecule has 0 aliphatic heterocycles. The van der Waals surface area contributed by atoms with Gasteiger partial charge < -0.3 is 5.73 Å². The van der Waals surface area contributed by atoms with Crippen molar-refractivity contribution in [2.75, 3.05) is 6.54 Å². The van der Waals surface area contributed by atoms with E-state index in [0.717, 1.165) is 6.54 Å². The van der Waals surface area contributed by atoms with E-state index < -0.39 is 0 Å². The normalized spacial score (nSPS) is 27.6. The first-order chi connectivity index (χ1) is 5.34. The van der Waals surface area contributed by atoms with Crippen molar-refractivity contribution < 1.29 is 0 Å². The van der Waals surface area contributed by atoms with E-state index in [9.17, 15) is 0 Å². The van der Waals surface area contributed by atoms with Crippen LogP contribution in [-0.4, -0.2) is 6.54 Å². The summed E-state index contributed by atoms with van der Waals surface area (Å²) < 4.78 is 0. The zero-order valence-corrected chi connectivity index (χ0v) is 7.75. The van der Waals surface area contributed by atoms with Crippen molar-refractivity contribution in [3.05, 3.63) is 24.3 Å². The molecule has 0 aromatic carbocycles. The van der Waals surface area contributed by atoms with Gasteiger partial charge in [0.25, 0.3) is 0 Å². The highest BCUT2D eigenvalue weighted by Crippen LogP contribution is 2.16. The second-order valence-electron chi connectivity index (χ2n) is 2.53. The number of allylic oxidation sites excluding steroid dienone is 3. The molecule has 2 unspecified atom stereocenters. The van der Waals surface area contributed by atoms with E-state index in [1.165, 1.54) is 0 Å². The summed E-state index contributed by atoms with van der Waals surface area (Å²) in [7, 11) is 0. The van der Waals surface area contributed by atoms with Crippen LogP contribution in [-0.2, 0) is 0 Å². The molecule has 2 atom stereocenters. The van der Waals surface area contributed by atoms with Gasteiger partial charge in [-0.2, -0.15) is 0 Å². The van der Waals surface area contributed by atoms with Gasteiger partial charge in [0.05, 0.1) is 0 Å². The largest absolute Gasteiger partial charge is 0.330 e. The Morgan fingerprint density at radius 2 is 1.73 bits per heavy atom. The van der Waals surface area contributed by atoms with Crippen LogP contribution >= 0.6 is 0 Å². The summed E-state index contributed by atoms with van der Waals surface area (Å²) in [5, 5.41) is 0. The molecule has 0 saturated heterocycles. The molecule has 0 radical (unpaired) electrons. The molecule has 0 amide bonds. The lowest BCUT2D eigenvalue weighted by atomic mass is 9.90. The third-order valence-electron chi connectivity index (χ3n) is 1.83. The fraction of sp³-hybridized carbons (Fsp3) is 0.600. The Kier molecular flexibility index (Phi) is 5.86. The third kappa shape index (κ3) is 3.38. The molecule has 2 N–H and O–H groups in total. The van der Waals surface area contributed by atoms with Gasteiger partial charge in [-0.15, -0.1) is 0 Å². The monoisotopic (exact) mass is 153 g/mol. The number of nitrogens with two attached hydrogens (primary N) is 1. The van der Waals surface area contributed by atoms with Crippen molar-refractivity contribution in [3.8, 4) is 0 Å². The molecule has 1 nitrogen and oxygen atoms in total. The molecule has 0 fully saturated rings. The molecule has 0 saturated carbocycles. The van der Waals surface area contributed by atoms with Gasteiger partial charge in [0.1, 0.15) is 0 Å². The van der Waals surface area contributed by atoms with E-state index in [1.54, 1.807) is 0 Å². The molecular formula is C10H19N. The summed E-state index contributed by atoms with van der Waals surface area (Å²) in [6.45, 7) is 6.96. The Balaban J connectivity index is 0.000000461. The Hall–Kier alpha value is -0.560. The van der Waals surface area contributed by atoms with E-state index in [1.807, 2.05) is 13.8 Å². The van der Waals surface area contributed by atoms with Crippen LogP contribution in [0, 0.1) is 11.8 Å². The minimum absolute atomic E-state index is 0.565. The highest BCUT2D eigenvalue weighted by molar-refractivity contribution is 5.13. The maximum absolute atomic E-state index is 5.51. The van der Waals surface area contributed by atoms with Gasteiger partial charge in [-0.05, 0) is 18.4 Å². The summed E-state index contributed by atoms with van der Waals surface area (Å²) in [6.07, 6.45) is 8.51. The standard InChI is InChI=1S/C8H13N.C2H6/c1-7-4-2-3-5-8(7)6-9;1-2/h2-5,7-8H,6,9H2,1H3;1-2H3. The average Bonchev–Trinajstić information content (AvgIpc) is 2.09. The van der Waals surface area contributed by atoms with Gasteiger partial charge in [-0.3, -0.25) is 0 Å². The molecule has 0 aromatic rings. The number of hydrogen-bond donors (Lipinski definition) is 1. The first kappa shape index (κ1) is 10.4. The van der Waals surface area contributed by atoms with Crippen LogP contribution in [0.2, 0.25) is 0 Å². The molecule has 1 aliphatic rings. The lowest BCUT2D eigenvalue weighted by molar-refractivity contribution is 0.517.